The Kier molecular flexibility index (Phi) is 13.4. The third-order valence-electron chi connectivity index (χ3n) is 14.7. The van der Waals surface area contributed by atoms with Crippen molar-refractivity contribution in [2.24, 2.45) is 11.8 Å². The number of nitrogens with one attached hydrogen (secondary N) is 4. The molecule has 2 saturated heterocycles. The standard InChI is InChI=1S/C52H61FN10O7S/c1-27(2)43(59-51(66)68-5)48(64)61-18-10-14-37(61)45-54-24-34(57-45)30-16-17-36-32(20-30)22-39-42-33(53)21-31(23-40(42)70-50(63(36)39)41-26-56-47(71-41)29-12-8-7-9-13-29)35-25-55-46(58-35)38-15-11-19-62(38)49(65)44(28(3)4)60-52(67)69-6/h16-17,20-29,37-38,43-44,50H,7-15,18-19H2,1-6H3,(H,54,57)(H,55,58)(H,59,66)(H,60,67). The summed E-state index contributed by atoms with van der Waals surface area (Å²) in [4.78, 5) is 77.8. The fraction of sp³-hybridized carbons (Fsp3) is 0.481. The van der Waals surface area contributed by atoms with Gasteiger partial charge in [-0.25, -0.2) is 28.9 Å². The van der Waals surface area contributed by atoms with Gasteiger partial charge in [-0.1, -0.05) is 53.0 Å². The molecule has 0 spiro atoms. The van der Waals surface area contributed by atoms with Crippen molar-refractivity contribution < 1.29 is 37.8 Å². The number of nitrogens with zero attached hydrogens (tertiary/aromatic N) is 6. The number of thiazole rings is 1. The van der Waals surface area contributed by atoms with E-state index in [1.807, 2.05) is 58.2 Å². The van der Waals surface area contributed by atoms with E-state index in [1.165, 1.54) is 39.5 Å². The van der Waals surface area contributed by atoms with Crippen LogP contribution in [0.25, 0.3) is 44.7 Å². The van der Waals surface area contributed by atoms with Crippen molar-refractivity contribution in [1.82, 2.24) is 49.9 Å². The Hall–Kier alpha value is -6.76. The second-order valence-electron chi connectivity index (χ2n) is 19.9. The second-order valence-corrected chi connectivity index (χ2v) is 21.0. The highest BCUT2D eigenvalue weighted by atomic mass is 32.1. The van der Waals surface area contributed by atoms with Gasteiger partial charge in [0.05, 0.1) is 76.7 Å². The molecule has 4 aliphatic rings. The lowest BCUT2D eigenvalue weighted by molar-refractivity contribution is -0.136. The average molecular weight is 989 g/mol. The molecular formula is C52H61FN10O7S. The van der Waals surface area contributed by atoms with E-state index < -0.39 is 36.3 Å². The van der Waals surface area contributed by atoms with Crippen LogP contribution in [-0.2, 0) is 19.1 Å². The summed E-state index contributed by atoms with van der Waals surface area (Å²) >= 11 is 1.66. The van der Waals surface area contributed by atoms with E-state index in [2.05, 4.69) is 31.2 Å². The van der Waals surface area contributed by atoms with Crippen LogP contribution >= 0.6 is 11.3 Å². The van der Waals surface area contributed by atoms with Crippen molar-refractivity contribution in [3.05, 3.63) is 82.3 Å². The summed E-state index contributed by atoms with van der Waals surface area (Å²) in [5.41, 5.74) is 4.60. The highest BCUT2D eigenvalue weighted by Crippen LogP contribution is 2.49. The van der Waals surface area contributed by atoms with Gasteiger partial charge in [-0.05, 0) is 80.7 Å². The molecule has 7 heterocycles. The summed E-state index contributed by atoms with van der Waals surface area (Å²) in [6, 6.07) is 9.28. The molecule has 2 aromatic carbocycles. The zero-order chi connectivity index (χ0) is 49.7. The van der Waals surface area contributed by atoms with Gasteiger partial charge in [0, 0.05) is 41.7 Å². The zero-order valence-corrected chi connectivity index (χ0v) is 41.7. The maximum Gasteiger partial charge on any atom is 0.407 e. The normalized spacial score (nSPS) is 19.9. The third-order valence-corrected chi connectivity index (χ3v) is 15.9. The van der Waals surface area contributed by atoms with Gasteiger partial charge in [0.25, 0.3) is 0 Å². The van der Waals surface area contributed by atoms with Gasteiger partial charge in [-0.15, -0.1) is 11.3 Å². The molecule has 4 aromatic heterocycles. The maximum absolute atomic E-state index is 17.0. The molecule has 71 heavy (non-hydrogen) atoms. The SMILES string of the molecule is COC(=O)NC(C(=O)N1CCCC1c1ncc(-c2cc(F)c3c(c2)OC(c2cnc(C4CCCCC4)s2)n2c-3cc3cc(-c4cnc(C5CCCN5C(=O)C(NC(=O)OC)C(C)C)[nH]4)ccc32)[nH]1)C(C)C. The molecule has 4 amide bonds. The van der Waals surface area contributed by atoms with E-state index in [-0.39, 0.29) is 35.7 Å². The largest absolute Gasteiger partial charge is 0.464 e. The highest BCUT2D eigenvalue weighted by Gasteiger charge is 2.40. The Labute approximate surface area is 415 Å². The zero-order valence-electron chi connectivity index (χ0n) is 40.9. The van der Waals surface area contributed by atoms with Crippen LogP contribution in [-0.4, -0.2) is 103 Å². The van der Waals surface area contributed by atoms with Gasteiger partial charge in [0.2, 0.25) is 18.0 Å². The number of aromatic amines is 2. The number of carbonyl (C=O) groups excluding carboxylic acids is 4. The molecule has 1 saturated carbocycles. The molecule has 6 aromatic rings. The number of ether oxygens (including phenoxy) is 3. The summed E-state index contributed by atoms with van der Waals surface area (Å²) in [5.74, 6) is 0.818. The molecule has 5 unspecified atom stereocenters. The number of imidazole rings is 2. The number of methoxy groups -OCH3 is 2. The van der Waals surface area contributed by atoms with Crippen molar-refractivity contribution >= 4 is 46.2 Å². The van der Waals surface area contributed by atoms with Crippen molar-refractivity contribution in [3.63, 3.8) is 0 Å². The predicted molar refractivity (Wildman–Crippen MR) is 265 cm³/mol. The predicted octanol–water partition coefficient (Wildman–Crippen LogP) is 9.76. The van der Waals surface area contributed by atoms with Crippen LogP contribution in [0.2, 0.25) is 0 Å². The Morgan fingerprint density at radius 1 is 0.732 bits per heavy atom. The maximum atomic E-state index is 17.0. The number of fused-ring (bicyclic) bond motifs is 5. The van der Waals surface area contributed by atoms with Crippen molar-refractivity contribution in [2.45, 2.75) is 122 Å². The van der Waals surface area contributed by atoms with Crippen LogP contribution < -0.4 is 15.4 Å². The Bertz CT molecular complexity index is 2970. The lowest BCUT2D eigenvalue weighted by Gasteiger charge is -2.30. The van der Waals surface area contributed by atoms with Crippen LogP contribution in [0.15, 0.2) is 55.0 Å². The number of alkyl carbamates (subject to hydrolysis) is 2. The van der Waals surface area contributed by atoms with E-state index in [0.717, 1.165) is 64.1 Å². The molecule has 5 atom stereocenters. The molecule has 10 rings (SSSR count). The van der Waals surface area contributed by atoms with Crippen LogP contribution in [0.3, 0.4) is 0 Å². The molecule has 0 bridgehead atoms. The summed E-state index contributed by atoms with van der Waals surface area (Å²) in [5, 5.41) is 7.37. The number of aromatic nitrogens is 6. The molecular weight excluding hydrogens is 928 g/mol. The lowest BCUT2D eigenvalue weighted by atomic mass is 9.90. The summed E-state index contributed by atoms with van der Waals surface area (Å²) in [7, 11) is 2.55. The fourth-order valence-electron chi connectivity index (χ4n) is 10.9. The third kappa shape index (κ3) is 9.12. The van der Waals surface area contributed by atoms with Crippen LogP contribution in [0.4, 0.5) is 14.0 Å². The van der Waals surface area contributed by atoms with Gasteiger partial charge in [-0.2, -0.15) is 0 Å². The van der Waals surface area contributed by atoms with Crippen LogP contribution in [0.5, 0.6) is 5.75 Å². The van der Waals surface area contributed by atoms with Gasteiger partial charge in [0.1, 0.15) is 35.3 Å². The first-order valence-electron chi connectivity index (χ1n) is 24.8. The number of rotatable bonds is 12. The van der Waals surface area contributed by atoms with E-state index >= 15 is 4.39 Å². The molecule has 1 aliphatic carbocycles. The molecule has 3 fully saturated rings. The lowest BCUT2D eigenvalue weighted by Crippen LogP contribution is -2.51. The monoisotopic (exact) mass is 988 g/mol. The minimum atomic E-state index is -0.774. The van der Waals surface area contributed by atoms with E-state index in [0.29, 0.717) is 65.3 Å². The number of hydrogen-bond acceptors (Lipinski definition) is 11. The molecule has 374 valence electrons. The summed E-state index contributed by atoms with van der Waals surface area (Å²) < 4.78 is 35.7. The van der Waals surface area contributed by atoms with Gasteiger partial charge >= 0.3 is 12.2 Å². The van der Waals surface area contributed by atoms with Crippen LogP contribution in [0.1, 0.15) is 131 Å². The Morgan fingerprint density at radius 3 is 1.90 bits per heavy atom. The number of hydrogen-bond donors (Lipinski definition) is 4. The highest BCUT2D eigenvalue weighted by molar-refractivity contribution is 7.11. The van der Waals surface area contributed by atoms with E-state index in [9.17, 15) is 19.2 Å². The topological polar surface area (TPSA) is 202 Å². The molecule has 4 N–H and O–H groups in total. The Balaban J connectivity index is 0.976. The fourth-order valence-corrected chi connectivity index (χ4v) is 12.0. The number of benzene rings is 2. The quantitative estimate of drug-likeness (QED) is 0.0915. The second kappa shape index (κ2) is 19.8. The minimum Gasteiger partial charge on any atom is -0.464 e. The number of carbonyl (C=O) groups is 4. The van der Waals surface area contributed by atoms with Gasteiger partial charge < -0.3 is 44.6 Å². The van der Waals surface area contributed by atoms with Gasteiger partial charge in [0.15, 0.2) is 0 Å². The molecule has 19 heteroatoms. The number of likely N-dealkylation sites (tertiary alicyclic amines) is 2. The number of amides is 4. The molecule has 3 aliphatic heterocycles. The first kappa shape index (κ1) is 47.9. The van der Waals surface area contributed by atoms with E-state index in [4.69, 9.17) is 29.2 Å². The molecule has 17 nitrogen and oxygen atoms in total. The van der Waals surface area contributed by atoms with Crippen molar-refractivity contribution in [3.8, 4) is 39.5 Å². The smallest absolute Gasteiger partial charge is 0.407 e. The van der Waals surface area contributed by atoms with Crippen molar-refractivity contribution in [2.75, 3.05) is 27.3 Å². The average Bonchev–Trinajstić information content (AvgIpc) is 4.24. The van der Waals surface area contributed by atoms with Crippen molar-refractivity contribution in [1.29, 1.82) is 0 Å². The van der Waals surface area contributed by atoms with Crippen LogP contribution in [0, 0.1) is 17.7 Å². The Morgan fingerprint density at radius 2 is 1.32 bits per heavy atom. The summed E-state index contributed by atoms with van der Waals surface area (Å²) in [6.45, 7) is 8.58. The first-order chi connectivity index (χ1) is 34.3. The van der Waals surface area contributed by atoms with E-state index in [1.54, 1.807) is 33.5 Å². The number of H-pyrrole nitrogens is 2. The number of halogens is 1. The summed E-state index contributed by atoms with van der Waals surface area (Å²) in [6.07, 6.45) is 12.2. The van der Waals surface area contributed by atoms with Gasteiger partial charge in [-0.3, -0.25) is 14.2 Å². The molecule has 0 radical (unpaired) electrons. The first-order valence-corrected chi connectivity index (χ1v) is 25.6. The minimum absolute atomic E-state index is 0.154.